The first kappa shape index (κ1) is 20.3. The molecule has 27 heavy (non-hydrogen) atoms. The average Bonchev–Trinajstić information content (AvgIpc) is 3.12. The molecule has 2 aliphatic heterocycles. The van der Waals surface area contributed by atoms with E-state index in [1.165, 1.54) is 24.0 Å². The lowest BCUT2D eigenvalue weighted by Crippen LogP contribution is -2.53. The van der Waals surface area contributed by atoms with Crippen molar-refractivity contribution in [3.8, 4) is 11.5 Å². The smallest absolute Gasteiger partial charge is 0.240 e. The molecule has 1 spiro atoms. The summed E-state index contributed by atoms with van der Waals surface area (Å²) in [5.41, 5.74) is 8.81. The van der Waals surface area contributed by atoms with Crippen molar-refractivity contribution in [2.45, 2.75) is 69.9 Å². The highest BCUT2D eigenvalue weighted by Crippen LogP contribution is 2.52. The number of rotatable bonds is 3. The minimum absolute atomic E-state index is 0. The van der Waals surface area contributed by atoms with Crippen LogP contribution >= 0.6 is 12.4 Å². The summed E-state index contributed by atoms with van der Waals surface area (Å²) in [5, 5.41) is 0. The predicted octanol–water partition coefficient (Wildman–Crippen LogP) is 3.72. The highest BCUT2D eigenvalue weighted by molar-refractivity contribution is 5.85. The topological polar surface area (TPSA) is 64.8 Å². The van der Waals surface area contributed by atoms with E-state index in [0.717, 1.165) is 43.7 Å². The number of nitrogens with two attached hydrogens (primary N) is 1. The molecule has 0 radical (unpaired) electrons. The van der Waals surface area contributed by atoms with Gasteiger partial charge in [0.05, 0.1) is 12.1 Å². The number of carbonyl (C=O) groups is 1. The first-order valence-electron chi connectivity index (χ1n) is 10.1. The predicted molar refractivity (Wildman–Crippen MR) is 108 cm³/mol. The number of halogens is 1. The molecule has 1 saturated carbocycles. The third kappa shape index (κ3) is 3.40. The summed E-state index contributed by atoms with van der Waals surface area (Å²) in [6.45, 7) is 6.15. The van der Waals surface area contributed by atoms with Gasteiger partial charge in [-0.15, -0.1) is 12.4 Å². The number of ether oxygens (including phenoxy) is 2. The molecule has 3 aliphatic rings. The average molecular weight is 395 g/mol. The van der Waals surface area contributed by atoms with Crippen molar-refractivity contribution in [2.24, 2.45) is 5.73 Å². The van der Waals surface area contributed by atoms with Crippen molar-refractivity contribution < 1.29 is 14.3 Å². The highest BCUT2D eigenvalue weighted by Gasteiger charge is 2.46. The fraction of sp³-hybridized carbons (Fsp3) is 0.667. The zero-order chi connectivity index (χ0) is 18.3. The Morgan fingerprint density at radius 3 is 2.52 bits per heavy atom. The quantitative estimate of drug-likeness (QED) is 0.848. The molecule has 2 unspecified atom stereocenters. The summed E-state index contributed by atoms with van der Waals surface area (Å²) in [6.07, 6.45) is 6.34. The normalized spacial score (nSPS) is 23.5. The molecule has 2 heterocycles. The third-order valence-electron chi connectivity index (χ3n) is 6.44. The standard InChI is InChI=1S/C21H30N2O3.ClH/c1-3-6-17(22)20(24)23-13-21(7-4-5-8-21)16-12-19-18(25-9-10-26-19)11-15(16)14(23)2;/h11-12,14,17H,3-10,13,22H2,1-2H3;1H. The Bertz CT molecular complexity index is 703. The SMILES string of the molecule is CCCC(N)C(=O)N1CC2(CCCC2)c2cc3c(cc2C1C)OCCO3.Cl. The molecule has 0 aromatic heterocycles. The van der Waals surface area contributed by atoms with Gasteiger partial charge in [0.25, 0.3) is 0 Å². The maximum atomic E-state index is 13.1. The Labute approximate surface area is 168 Å². The molecule has 1 aliphatic carbocycles. The zero-order valence-electron chi connectivity index (χ0n) is 16.3. The molecule has 1 aromatic rings. The first-order valence-corrected chi connectivity index (χ1v) is 10.1. The second-order valence-corrected chi connectivity index (χ2v) is 8.11. The molecule has 2 atom stereocenters. The van der Waals surface area contributed by atoms with E-state index in [1.54, 1.807) is 0 Å². The summed E-state index contributed by atoms with van der Waals surface area (Å²) in [7, 11) is 0. The van der Waals surface area contributed by atoms with Crippen molar-refractivity contribution in [3.63, 3.8) is 0 Å². The van der Waals surface area contributed by atoms with Crippen LogP contribution in [0.4, 0.5) is 0 Å². The van der Waals surface area contributed by atoms with E-state index in [2.05, 4.69) is 26.0 Å². The molecule has 2 N–H and O–H groups in total. The molecule has 0 saturated heterocycles. The summed E-state index contributed by atoms with van der Waals surface area (Å²) in [4.78, 5) is 15.1. The van der Waals surface area contributed by atoms with Crippen LogP contribution in [0.25, 0.3) is 0 Å². The lowest BCUT2D eigenvalue weighted by atomic mass is 9.71. The van der Waals surface area contributed by atoms with Gasteiger partial charge in [-0.05, 0) is 49.4 Å². The maximum absolute atomic E-state index is 13.1. The fourth-order valence-electron chi connectivity index (χ4n) is 5.02. The van der Waals surface area contributed by atoms with Gasteiger partial charge in [-0.2, -0.15) is 0 Å². The molecule has 0 bridgehead atoms. The number of nitrogens with zero attached hydrogens (tertiary/aromatic N) is 1. The number of fused-ring (bicyclic) bond motifs is 3. The van der Waals surface area contributed by atoms with Crippen LogP contribution in [0.5, 0.6) is 11.5 Å². The number of carbonyl (C=O) groups excluding carboxylic acids is 1. The summed E-state index contributed by atoms with van der Waals surface area (Å²) in [5.74, 6) is 1.75. The van der Waals surface area contributed by atoms with E-state index in [9.17, 15) is 4.79 Å². The van der Waals surface area contributed by atoms with Gasteiger partial charge in [0.15, 0.2) is 11.5 Å². The van der Waals surface area contributed by atoms with Gasteiger partial charge in [0, 0.05) is 12.0 Å². The molecule has 6 heteroatoms. The highest BCUT2D eigenvalue weighted by atomic mass is 35.5. The Balaban J connectivity index is 0.00000210. The van der Waals surface area contributed by atoms with Crippen LogP contribution in [0.15, 0.2) is 12.1 Å². The van der Waals surface area contributed by atoms with Gasteiger partial charge in [-0.25, -0.2) is 0 Å². The van der Waals surface area contributed by atoms with Crippen molar-refractivity contribution in [1.82, 2.24) is 4.90 Å². The minimum Gasteiger partial charge on any atom is -0.486 e. The van der Waals surface area contributed by atoms with Gasteiger partial charge in [0.1, 0.15) is 13.2 Å². The van der Waals surface area contributed by atoms with Gasteiger partial charge in [-0.1, -0.05) is 26.2 Å². The minimum atomic E-state index is -0.403. The zero-order valence-corrected chi connectivity index (χ0v) is 17.1. The molecular formula is C21H31ClN2O3. The fourth-order valence-corrected chi connectivity index (χ4v) is 5.02. The van der Waals surface area contributed by atoms with Gasteiger partial charge < -0.3 is 20.1 Å². The Morgan fingerprint density at radius 2 is 1.89 bits per heavy atom. The van der Waals surface area contributed by atoms with E-state index in [1.807, 2.05) is 4.90 Å². The second-order valence-electron chi connectivity index (χ2n) is 8.11. The van der Waals surface area contributed by atoms with E-state index >= 15 is 0 Å². The Kier molecular flexibility index (Phi) is 5.92. The Hall–Kier alpha value is -1.46. The molecule has 1 aromatic carbocycles. The van der Waals surface area contributed by atoms with Crippen molar-refractivity contribution in [2.75, 3.05) is 19.8 Å². The Morgan fingerprint density at radius 1 is 1.26 bits per heavy atom. The van der Waals surface area contributed by atoms with E-state index in [0.29, 0.717) is 13.2 Å². The number of benzene rings is 1. The van der Waals surface area contributed by atoms with Crippen LogP contribution in [0.2, 0.25) is 0 Å². The number of hydrogen-bond donors (Lipinski definition) is 1. The van der Waals surface area contributed by atoms with E-state index in [4.69, 9.17) is 15.2 Å². The van der Waals surface area contributed by atoms with Crippen LogP contribution in [-0.2, 0) is 10.2 Å². The van der Waals surface area contributed by atoms with Crippen LogP contribution in [0.3, 0.4) is 0 Å². The first-order chi connectivity index (χ1) is 12.6. The molecule has 5 nitrogen and oxygen atoms in total. The molecule has 1 amide bonds. The van der Waals surface area contributed by atoms with Crippen molar-refractivity contribution in [3.05, 3.63) is 23.3 Å². The van der Waals surface area contributed by atoms with Gasteiger partial charge >= 0.3 is 0 Å². The number of hydrogen-bond acceptors (Lipinski definition) is 4. The third-order valence-corrected chi connectivity index (χ3v) is 6.44. The van der Waals surface area contributed by atoms with Gasteiger partial charge in [0.2, 0.25) is 5.91 Å². The second kappa shape index (κ2) is 7.88. The maximum Gasteiger partial charge on any atom is 0.240 e. The van der Waals surface area contributed by atoms with Crippen molar-refractivity contribution >= 4 is 18.3 Å². The monoisotopic (exact) mass is 394 g/mol. The summed E-state index contributed by atoms with van der Waals surface area (Å²) in [6, 6.07) is 3.92. The molecule has 150 valence electrons. The van der Waals surface area contributed by atoms with E-state index in [-0.39, 0.29) is 29.8 Å². The molecule has 4 rings (SSSR count). The molecular weight excluding hydrogens is 364 g/mol. The van der Waals surface area contributed by atoms with Crippen molar-refractivity contribution in [1.29, 1.82) is 0 Å². The van der Waals surface area contributed by atoms with E-state index < -0.39 is 6.04 Å². The summed E-state index contributed by atoms with van der Waals surface area (Å²) >= 11 is 0. The largest absolute Gasteiger partial charge is 0.486 e. The lowest BCUT2D eigenvalue weighted by molar-refractivity contribution is -0.136. The summed E-state index contributed by atoms with van der Waals surface area (Å²) < 4.78 is 11.7. The van der Waals surface area contributed by atoms with Crippen LogP contribution in [0.1, 0.15) is 69.5 Å². The van der Waals surface area contributed by atoms with Crippen LogP contribution in [-0.4, -0.2) is 36.6 Å². The van der Waals surface area contributed by atoms with Crippen LogP contribution in [0, 0.1) is 0 Å². The number of amides is 1. The molecule has 1 fully saturated rings. The van der Waals surface area contributed by atoms with Crippen LogP contribution < -0.4 is 15.2 Å². The lowest BCUT2D eigenvalue weighted by Gasteiger charge is -2.47. The van der Waals surface area contributed by atoms with Gasteiger partial charge in [-0.3, -0.25) is 4.79 Å².